The van der Waals surface area contributed by atoms with Crippen LogP contribution < -0.4 is 10.3 Å². The Morgan fingerprint density at radius 1 is 0.968 bits per heavy atom. The van der Waals surface area contributed by atoms with Gasteiger partial charge in [-0.1, -0.05) is 12.1 Å². The summed E-state index contributed by atoms with van der Waals surface area (Å²) in [5, 5.41) is 0.831. The molecule has 0 spiro atoms. The average molecular weight is 426 g/mol. The number of urea groups is 1. The van der Waals surface area contributed by atoms with Gasteiger partial charge in [0.15, 0.2) is 0 Å². The van der Waals surface area contributed by atoms with Crippen LogP contribution in [0.2, 0.25) is 0 Å². The smallest absolute Gasteiger partial charge is 0.320 e. The fraction of sp³-hybridized carbons (Fsp3) is 0.333. The molecule has 3 aromatic rings. The summed E-state index contributed by atoms with van der Waals surface area (Å²) in [6.07, 6.45) is 0. The summed E-state index contributed by atoms with van der Waals surface area (Å²) in [5.74, 6) is 0.386. The van der Waals surface area contributed by atoms with Gasteiger partial charge in [0.25, 0.3) is 5.56 Å². The van der Waals surface area contributed by atoms with Gasteiger partial charge in [0.2, 0.25) is 0 Å². The fourth-order valence-electron chi connectivity index (χ4n) is 3.50. The maximum absolute atomic E-state index is 13.3. The molecule has 0 unspecified atom stereocenters. The van der Waals surface area contributed by atoms with Crippen molar-refractivity contribution in [3.8, 4) is 5.75 Å². The van der Waals surface area contributed by atoms with Gasteiger partial charge in [-0.2, -0.15) is 0 Å². The lowest BCUT2D eigenvalue weighted by Crippen LogP contribution is -2.43. The highest BCUT2D eigenvalue weighted by atomic mass is 19.1. The number of carbonyl (C=O) groups is 1. The van der Waals surface area contributed by atoms with Gasteiger partial charge in [0, 0.05) is 36.1 Å². The normalized spacial score (nSPS) is 10.8. The van der Waals surface area contributed by atoms with Crippen LogP contribution in [0.15, 0.2) is 53.3 Å². The first-order valence-corrected chi connectivity index (χ1v) is 10.5. The summed E-state index contributed by atoms with van der Waals surface area (Å²) < 4.78 is 18.9. The molecular weight excluding hydrogens is 397 g/mol. The maximum Gasteiger partial charge on any atom is 0.320 e. The van der Waals surface area contributed by atoms with Gasteiger partial charge in [-0.25, -0.2) is 9.18 Å². The zero-order chi connectivity index (χ0) is 22.4. The van der Waals surface area contributed by atoms with E-state index < -0.39 is 0 Å². The molecule has 0 radical (unpaired) electrons. The molecule has 164 valence electrons. The first-order chi connectivity index (χ1) is 14.9. The molecule has 0 aliphatic rings. The molecule has 0 atom stereocenters. The Kier molecular flexibility index (Phi) is 7.28. The highest BCUT2D eigenvalue weighted by Crippen LogP contribution is 2.20. The standard InChI is InChI=1S/C24H28FN3O3/c1-4-27(5-2)24(30)28(15-17-7-9-20(25)10-8-17)16-19-13-18-14-21(31-6-3)11-12-22(18)26-23(19)29/h7-14H,4-6,15-16H2,1-3H3,(H,26,29). The predicted molar refractivity (Wildman–Crippen MR) is 120 cm³/mol. The number of aromatic nitrogens is 1. The first kappa shape index (κ1) is 22.3. The minimum Gasteiger partial charge on any atom is -0.494 e. The Labute approximate surface area is 181 Å². The third-order valence-electron chi connectivity index (χ3n) is 5.16. The Morgan fingerprint density at radius 3 is 2.32 bits per heavy atom. The number of amides is 2. The predicted octanol–water partition coefficient (Wildman–Crippen LogP) is 4.53. The zero-order valence-electron chi connectivity index (χ0n) is 18.2. The van der Waals surface area contributed by atoms with E-state index in [0.717, 1.165) is 16.7 Å². The second-order valence-electron chi connectivity index (χ2n) is 7.24. The monoisotopic (exact) mass is 425 g/mol. The average Bonchev–Trinajstić information content (AvgIpc) is 2.76. The van der Waals surface area contributed by atoms with Crippen LogP contribution >= 0.6 is 0 Å². The lowest BCUT2D eigenvalue weighted by atomic mass is 10.1. The van der Waals surface area contributed by atoms with Gasteiger partial charge in [0.1, 0.15) is 11.6 Å². The lowest BCUT2D eigenvalue weighted by molar-refractivity contribution is 0.151. The molecule has 7 heteroatoms. The van der Waals surface area contributed by atoms with Crippen molar-refractivity contribution >= 4 is 16.9 Å². The van der Waals surface area contributed by atoms with E-state index in [1.807, 2.05) is 39.0 Å². The van der Waals surface area contributed by atoms with E-state index >= 15 is 0 Å². The Hall–Kier alpha value is -3.35. The van der Waals surface area contributed by atoms with E-state index in [-0.39, 0.29) is 30.5 Å². The molecule has 1 aromatic heterocycles. The molecule has 6 nitrogen and oxygen atoms in total. The van der Waals surface area contributed by atoms with Crippen molar-refractivity contribution in [2.75, 3.05) is 19.7 Å². The summed E-state index contributed by atoms with van der Waals surface area (Å²) in [7, 11) is 0. The number of hydrogen-bond donors (Lipinski definition) is 1. The van der Waals surface area contributed by atoms with Crippen LogP contribution in [-0.4, -0.2) is 40.5 Å². The van der Waals surface area contributed by atoms with Crippen LogP contribution in [0.1, 0.15) is 31.9 Å². The van der Waals surface area contributed by atoms with E-state index in [0.29, 0.717) is 30.8 Å². The van der Waals surface area contributed by atoms with E-state index in [4.69, 9.17) is 4.74 Å². The molecule has 0 saturated heterocycles. The Balaban J connectivity index is 1.95. The van der Waals surface area contributed by atoms with Gasteiger partial charge >= 0.3 is 6.03 Å². The number of carbonyl (C=O) groups excluding carboxylic acids is 1. The number of pyridine rings is 1. The van der Waals surface area contributed by atoms with Gasteiger partial charge in [-0.3, -0.25) is 4.79 Å². The molecule has 2 aromatic carbocycles. The second-order valence-corrected chi connectivity index (χ2v) is 7.24. The van der Waals surface area contributed by atoms with E-state index in [1.165, 1.54) is 12.1 Å². The number of fused-ring (bicyclic) bond motifs is 1. The van der Waals surface area contributed by atoms with Crippen LogP contribution in [0.4, 0.5) is 9.18 Å². The number of rotatable bonds is 8. The minimum absolute atomic E-state index is 0.136. The van der Waals surface area contributed by atoms with Gasteiger partial charge < -0.3 is 19.5 Å². The van der Waals surface area contributed by atoms with Crippen molar-refractivity contribution < 1.29 is 13.9 Å². The van der Waals surface area contributed by atoms with Crippen LogP contribution in [0, 0.1) is 5.82 Å². The fourth-order valence-corrected chi connectivity index (χ4v) is 3.50. The molecule has 0 saturated carbocycles. The van der Waals surface area contributed by atoms with Crippen molar-refractivity contribution in [2.45, 2.75) is 33.9 Å². The summed E-state index contributed by atoms with van der Waals surface area (Å²) in [6.45, 7) is 7.80. The molecule has 0 aliphatic heterocycles. The topological polar surface area (TPSA) is 65.6 Å². The summed E-state index contributed by atoms with van der Waals surface area (Å²) >= 11 is 0. The van der Waals surface area contributed by atoms with Gasteiger partial charge in [-0.05, 0) is 62.7 Å². The second kappa shape index (κ2) is 10.1. The number of aromatic amines is 1. The lowest BCUT2D eigenvalue weighted by Gasteiger charge is -2.29. The van der Waals surface area contributed by atoms with E-state index in [1.54, 1.807) is 28.0 Å². The van der Waals surface area contributed by atoms with Crippen LogP contribution in [0.5, 0.6) is 5.75 Å². The molecule has 31 heavy (non-hydrogen) atoms. The molecule has 3 rings (SSSR count). The van der Waals surface area contributed by atoms with Crippen molar-refractivity contribution in [3.63, 3.8) is 0 Å². The molecule has 2 amide bonds. The van der Waals surface area contributed by atoms with Gasteiger partial charge in [-0.15, -0.1) is 0 Å². The Bertz CT molecular complexity index is 1090. The Morgan fingerprint density at radius 2 is 1.68 bits per heavy atom. The van der Waals surface area contributed by atoms with Crippen molar-refractivity contribution in [1.82, 2.24) is 14.8 Å². The first-order valence-electron chi connectivity index (χ1n) is 10.5. The summed E-state index contributed by atoms with van der Waals surface area (Å²) in [6, 6.07) is 13.2. The quantitative estimate of drug-likeness (QED) is 0.577. The van der Waals surface area contributed by atoms with Gasteiger partial charge in [0.05, 0.1) is 13.2 Å². The molecule has 1 N–H and O–H groups in total. The van der Waals surface area contributed by atoms with Crippen LogP contribution in [0.3, 0.4) is 0 Å². The zero-order valence-corrected chi connectivity index (χ0v) is 18.2. The molecule has 0 fully saturated rings. The van der Waals surface area contributed by atoms with Crippen LogP contribution in [0.25, 0.3) is 10.9 Å². The number of benzene rings is 2. The summed E-state index contributed by atoms with van der Waals surface area (Å²) in [4.78, 5) is 32.1. The number of H-pyrrole nitrogens is 1. The minimum atomic E-state index is -0.332. The van der Waals surface area contributed by atoms with E-state index in [2.05, 4.69) is 4.98 Å². The van der Waals surface area contributed by atoms with Crippen molar-refractivity contribution in [3.05, 3.63) is 75.8 Å². The SMILES string of the molecule is CCOc1ccc2[nH]c(=O)c(CN(Cc3ccc(F)cc3)C(=O)N(CC)CC)cc2c1. The maximum atomic E-state index is 13.3. The number of hydrogen-bond acceptors (Lipinski definition) is 3. The van der Waals surface area contributed by atoms with E-state index in [9.17, 15) is 14.0 Å². The third kappa shape index (κ3) is 5.42. The largest absolute Gasteiger partial charge is 0.494 e. The number of nitrogens with one attached hydrogen (secondary N) is 1. The summed E-state index contributed by atoms with van der Waals surface area (Å²) in [5.41, 5.74) is 1.73. The number of halogens is 1. The molecule has 0 aliphatic carbocycles. The third-order valence-corrected chi connectivity index (χ3v) is 5.16. The highest BCUT2D eigenvalue weighted by molar-refractivity contribution is 5.81. The number of nitrogens with zero attached hydrogens (tertiary/aromatic N) is 2. The van der Waals surface area contributed by atoms with Crippen LogP contribution in [-0.2, 0) is 13.1 Å². The number of ether oxygens (including phenoxy) is 1. The van der Waals surface area contributed by atoms with Crippen molar-refractivity contribution in [1.29, 1.82) is 0 Å². The molecular formula is C24H28FN3O3. The van der Waals surface area contributed by atoms with Crippen molar-refractivity contribution in [2.24, 2.45) is 0 Å². The highest BCUT2D eigenvalue weighted by Gasteiger charge is 2.21. The molecule has 1 heterocycles. The molecule has 0 bridgehead atoms.